The molecule has 5 rings (SSSR count). The molecule has 156 valence electrons. The van der Waals surface area contributed by atoms with Gasteiger partial charge in [-0.25, -0.2) is 0 Å². The lowest BCUT2D eigenvalue weighted by Crippen LogP contribution is -2.48. The molecule has 2 amide bonds. The van der Waals surface area contributed by atoms with Crippen molar-refractivity contribution in [3.63, 3.8) is 0 Å². The molecule has 0 saturated heterocycles. The van der Waals surface area contributed by atoms with Crippen molar-refractivity contribution in [2.45, 2.75) is 58.8 Å². The molecule has 4 aliphatic carbocycles. The fourth-order valence-corrected chi connectivity index (χ4v) is 6.34. The first-order valence-electron chi connectivity index (χ1n) is 10.8. The van der Waals surface area contributed by atoms with E-state index in [1.54, 1.807) is 0 Å². The maximum Gasteiger partial charge on any atom is 0.226 e. The van der Waals surface area contributed by atoms with Crippen LogP contribution in [0.4, 0.5) is 11.4 Å². The number of benzene rings is 1. The molecule has 1 aromatic carbocycles. The van der Waals surface area contributed by atoms with Gasteiger partial charge in [-0.1, -0.05) is 13.8 Å². The molecule has 3 N–H and O–H groups in total. The molecule has 1 aromatic rings. The lowest BCUT2D eigenvalue weighted by Gasteiger charge is -2.56. The van der Waals surface area contributed by atoms with Crippen molar-refractivity contribution in [1.29, 1.82) is 0 Å². The van der Waals surface area contributed by atoms with Crippen molar-refractivity contribution < 1.29 is 9.59 Å². The van der Waals surface area contributed by atoms with Crippen LogP contribution in [0, 0.1) is 29.1 Å². The average molecular weight is 414 g/mol. The number of amides is 2. The molecule has 4 fully saturated rings. The lowest BCUT2D eigenvalue weighted by atomic mass is 9.49. The van der Waals surface area contributed by atoms with Gasteiger partial charge in [0.25, 0.3) is 0 Å². The maximum atomic E-state index is 12.7. The predicted octanol–water partition coefficient (Wildman–Crippen LogP) is 4.70. The summed E-state index contributed by atoms with van der Waals surface area (Å²) in [6.45, 7) is 3.71. The number of carbonyl (C=O) groups excluding carboxylic acids is 2. The molecule has 0 unspecified atom stereocenters. The van der Waals surface area contributed by atoms with E-state index in [1.165, 1.54) is 38.5 Å². The van der Waals surface area contributed by atoms with Crippen LogP contribution in [0.1, 0.15) is 58.8 Å². The summed E-state index contributed by atoms with van der Waals surface area (Å²) < 4.78 is 0. The van der Waals surface area contributed by atoms with Crippen molar-refractivity contribution in [2.24, 2.45) is 29.1 Å². The van der Waals surface area contributed by atoms with Crippen LogP contribution in [0.25, 0.3) is 0 Å². The van der Waals surface area contributed by atoms with Crippen LogP contribution in [0.3, 0.4) is 0 Å². The number of carbonyl (C=O) groups is 2. The van der Waals surface area contributed by atoms with E-state index in [4.69, 9.17) is 12.2 Å². The van der Waals surface area contributed by atoms with Gasteiger partial charge in [-0.15, -0.1) is 0 Å². The van der Waals surface area contributed by atoms with Gasteiger partial charge in [0.1, 0.15) is 0 Å². The first kappa shape index (κ1) is 20.3. The van der Waals surface area contributed by atoms with Crippen LogP contribution in [0.5, 0.6) is 0 Å². The lowest BCUT2D eigenvalue weighted by molar-refractivity contribution is -0.128. The summed E-state index contributed by atoms with van der Waals surface area (Å²) in [7, 11) is 0. The Hall–Kier alpha value is -1.95. The molecule has 4 bridgehead atoms. The minimum atomic E-state index is -0.0652. The third-order valence-electron chi connectivity index (χ3n) is 6.89. The summed E-state index contributed by atoms with van der Waals surface area (Å²) in [5.74, 6) is 2.48. The highest BCUT2D eigenvalue weighted by Crippen LogP contribution is 2.61. The van der Waals surface area contributed by atoms with Crippen LogP contribution in [-0.2, 0) is 9.59 Å². The van der Waals surface area contributed by atoms with Crippen molar-refractivity contribution in [3.05, 3.63) is 24.3 Å². The number of thiocarbonyl (C=S) groups is 1. The van der Waals surface area contributed by atoms with Crippen LogP contribution >= 0.6 is 12.2 Å². The Morgan fingerprint density at radius 1 is 0.966 bits per heavy atom. The largest absolute Gasteiger partial charge is 0.332 e. The molecule has 0 spiro atoms. The molecule has 6 heteroatoms. The Kier molecular flexibility index (Phi) is 5.65. The van der Waals surface area contributed by atoms with E-state index < -0.39 is 0 Å². The summed E-state index contributed by atoms with van der Waals surface area (Å²) in [4.78, 5) is 24.4. The fourth-order valence-electron chi connectivity index (χ4n) is 6.10. The summed E-state index contributed by atoms with van der Waals surface area (Å²) >= 11 is 5.35. The fraction of sp³-hybridized carbons (Fsp3) is 0.609. The summed E-state index contributed by atoms with van der Waals surface area (Å²) in [5, 5.41) is 9.14. The second-order valence-corrected chi connectivity index (χ2v) is 10.2. The Balaban J connectivity index is 1.27. The molecule has 4 saturated carbocycles. The molecule has 0 radical (unpaired) electrons. The van der Waals surface area contributed by atoms with E-state index in [2.05, 4.69) is 16.0 Å². The standard InChI is InChI=1S/C23H31N3O2S/c1-14(2)21(28)24-18-3-5-19(6-4-18)25-22(29)26-20(27)13-23-10-15-7-16(11-23)9-17(8-15)12-23/h3-6,14-17H,7-13H2,1-2H3,(H,24,28)(H2,25,26,27,29). The van der Waals surface area contributed by atoms with Crippen molar-refractivity contribution >= 4 is 40.5 Å². The topological polar surface area (TPSA) is 70.2 Å². The van der Waals surface area contributed by atoms with E-state index in [1.807, 2.05) is 38.1 Å². The first-order valence-corrected chi connectivity index (χ1v) is 11.2. The van der Waals surface area contributed by atoms with E-state index in [0.717, 1.165) is 29.1 Å². The second-order valence-electron chi connectivity index (χ2n) is 9.82. The molecule has 5 nitrogen and oxygen atoms in total. The van der Waals surface area contributed by atoms with Crippen LogP contribution in [0.15, 0.2) is 24.3 Å². The third kappa shape index (κ3) is 4.80. The van der Waals surface area contributed by atoms with E-state index in [-0.39, 0.29) is 23.1 Å². The monoisotopic (exact) mass is 413 g/mol. The summed E-state index contributed by atoms with van der Waals surface area (Å²) in [6, 6.07) is 7.33. The van der Waals surface area contributed by atoms with E-state index >= 15 is 0 Å². The van der Waals surface area contributed by atoms with Gasteiger partial charge in [-0.05, 0) is 98.2 Å². The van der Waals surface area contributed by atoms with Crippen molar-refractivity contribution in [2.75, 3.05) is 10.6 Å². The van der Waals surface area contributed by atoms with Crippen molar-refractivity contribution in [3.8, 4) is 0 Å². The molecule has 0 aliphatic heterocycles. The maximum absolute atomic E-state index is 12.7. The van der Waals surface area contributed by atoms with Gasteiger partial charge in [-0.2, -0.15) is 0 Å². The minimum absolute atomic E-state index is 0.0156. The Morgan fingerprint density at radius 3 is 1.93 bits per heavy atom. The van der Waals surface area contributed by atoms with E-state index in [9.17, 15) is 9.59 Å². The number of hydrogen-bond donors (Lipinski definition) is 3. The minimum Gasteiger partial charge on any atom is -0.332 e. The van der Waals surface area contributed by atoms with E-state index in [0.29, 0.717) is 11.5 Å². The van der Waals surface area contributed by atoms with Crippen LogP contribution < -0.4 is 16.0 Å². The second kappa shape index (κ2) is 8.05. The summed E-state index contributed by atoms with van der Waals surface area (Å²) in [6.07, 6.45) is 8.40. The predicted molar refractivity (Wildman–Crippen MR) is 119 cm³/mol. The van der Waals surface area contributed by atoms with Gasteiger partial charge in [0.2, 0.25) is 11.8 Å². The zero-order valence-electron chi connectivity index (χ0n) is 17.3. The number of rotatable bonds is 5. The number of nitrogens with one attached hydrogen (secondary N) is 3. The third-order valence-corrected chi connectivity index (χ3v) is 7.09. The van der Waals surface area contributed by atoms with Crippen LogP contribution in [0.2, 0.25) is 0 Å². The average Bonchev–Trinajstić information content (AvgIpc) is 2.61. The van der Waals surface area contributed by atoms with Crippen LogP contribution in [-0.4, -0.2) is 16.9 Å². The smallest absolute Gasteiger partial charge is 0.226 e. The normalized spacial score (nSPS) is 29.6. The van der Waals surface area contributed by atoms with Gasteiger partial charge in [0.15, 0.2) is 5.11 Å². The molecular formula is C23H31N3O2S. The molecular weight excluding hydrogens is 382 g/mol. The zero-order chi connectivity index (χ0) is 20.6. The van der Waals surface area contributed by atoms with Gasteiger partial charge < -0.3 is 16.0 Å². The highest BCUT2D eigenvalue weighted by molar-refractivity contribution is 7.80. The van der Waals surface area contributed by atoms with Gasteiger partial charge in [0, 0.05) is 23.7 Å². The molecule has 4 aliphatic rings. The quantitative estimate of drug-likeness (QED) is 0.612. The zero-order valence-corrected chi connectivity index (χ0v) is 18.1. The Labute approximate surface area is 178 Å². The van der Waals surface area contributed by atoms with Crippen molar-refractivity contribution in [1.82, 2.24) is 5.32 Å². The number of anilines is 2. The SMILES string of the molecule is CC(C)C(=O)Nc1ccc(NC(=S)NC(=O)CC23CC4CC(CC(C4)C2)C3)cc1. The highest BCUT2D eigenvalue weighted by atomic mass is 32.1. The van der Waals surface area contributed by atoms with Gasteiger partial charge in [-0.3, -0.25) is 9.59 Å². The van der Waals surface area contributed by atoms with Gasteiger partial charge >= 0.3 is 0 Å². The highest BCUT2D eigenvalue weighted by Gasteiger charge is 2.51. The van der Waals surface area contributed by atoms with Gasteiger partial charge in [0.05, 0.1) is 0 Å². The number of hydrogen-bond acceptors (Lipinski definition) is 3. The first-order chi connectivity index (χ1) is 13.8. The molecule has 29 heavy (non-hydrogen) atoms. The molecule has 0 aromatic heterocycles. The Morgan fingerprint density at radius 2 is 1.45 bits per heavy atom. The molecule has 0 atom stereocenters. The molecule has 0 heterocycles. The Bertz CT molecular complexity index is 768. The summed E-state index contributed by atoms with van der Waals surface area (Å²) in [5.41, 5.74) is 1.74.